The van der Waals surface area contributed by atoms with Crippen LogP contribution in [0.25, 0.3) is 0 Å². The van der Waals surface area contributed by atoms with E-state index in [0.29, 0.717) is 18.1 Å². The first-order valence-corrected chi connectivity index (χ1v) is 6.84. The fourth-order valence-corrected chi connectivity index (χ4v) is 2.75. The van der Waals surface area contributed by atoms with Gasteiger partial charge in [0.1, 0.15) is 5.82 Å². The van der Waals surface area contributed by atoms with E-state index in [0.717, 1.165) is 30.4 Å². The summed E-state index contributed by atoms with van der Waals surface area (Å²) in [6.45, 7) is 2.87. The van der Waals surface area contributed by atoms with Crippen LogP contribution in [0.1, 0.15) is 44.3 Å². The van der Waals surface area contributed by atoms with E-state index in [1.165, 1.54) is 24.4 Å². The fraction of sp³-hybridized carbons (Fsp3) is 0.818. The summed E-state index contributed by atoms with van der Waals surface area (Å²) < 4.78 is 9.91. The van der Waals surface area contributed by atoms with Gasteiger partial charge in [-0.05, 0) is 32.6 Å². The van der Waals surface area contributed by atoms with Crippen LogP contribution in [-0.2, 0) is 4.74 Å². The van der Waals surface area contributed by atoms with Gasteiger partial charge in [-0.1, -0.05) is 0 Å². The smallest absolute Gasteiger partial charge is 0.202 e. The van der Waals surface area contributed by atoms with Crippen LogP contribution in [0.4, 0.5) is 5.13 Å². The summed E-state index contributed by atoms with van der Waals surface area (Å²) in [6, 6.07) is 0.538. The number of nitrogens with zero attached hydrogens (tertiary/aromatic N) is 2. The summed E-state index contributed by atoms with van der Waals surface area (Å²) in [5.74, 6) is 1.71. The lowest BCUT2D eigenvalue weighted by atomic mass is 9.89. The Labute approximate surface area is 99.6 Å². The third kappa shape index (κ3) is 2.20. The summed E-state index contributed by atoms with van der Waals surface area (Å²) in [4.78, 5) is 4.52. The van der Waals surface area contributed by atoms with E-state index in [1.807, 2.05) is 6.92 Å². The zero-order valence-corrected chi connectivity index (χ0v) is 10.3. The van der Waals surface area contributed by atoms with E-state index in [2.05, 4.69) is 14.7 Å². The molecule has 5 heteroatoms. The molecule has 2 fully saturated rings. The van der Waals surface area contributed by atoms with Gasteiger partial charge in [0, 0.05) is 30.1 Å². The van der Waals surface area contributed by atoms with E-state index in [4.69, 9.17) is 4.74 Å². The Kier molecular flexibility index (Phi) is 2.81. The van der Waals surface area contributed by atoms with Gasteiger partial charge in [0.05, 0.1) is 6.10 Å². The molecule has 1 heterocycles. The van der Waals surface area contributed by atoms with Gasteiger partial charge < -0.3 is 10.1 Å². The maximum Gasteiger partial charge on any atom is 0.202 e. The van der Waals surface area contributed by atoms with Crippen molar-refractivity contribution in [3.63, 3.8) is 0 Å². The van der Waals surface area contributed by atoms with Gasteiger partial charge in [-0.15, -0.1) is 0 Å². The molecule has 88 valence electrons. The van der Waals surface area contributed by atoms with Crippen molar-refractivity contribution in [2.24, 2.45) is 0 Å². The molecular formula is C11H17N3OS. The van der Waals surface area contributed by atoms with Gasteiger partial charge in [0.25, 0.3) is 0 Å². The highest BCUT2D eigenvalue weighted by Gasteiger charge is 2.31. The summed E-state index contributed by atoms with van der Waals surface area (Å²) in [5, 5.41) is 4.42. The van der Waals surface area contributed by atoms with Crippen molar-refractivity contribution >= 4 is 16.7 Å². The largest absolute Gasteiger partial charge is 0.378 e. The highest BCUT2D eigenvalue weighted by molar-refractivity contribution is 7.09. The minimum Gasteiger partial charge on any atom is -0.378 e. The maximum atomic E-state index is 5.53. The van der Waals surface area contributed by atoms with Gasteiger partial charge >= 0.3 is 0 Å². The van der Waals surface area contributed by atoms with E-state index in [9.17, 15) is 0 Å². The second-order valence-corrected chi connectivity index (χ2v) is 5.37. The molecule has 1 aromatic heterocycles. The average molecular weight is 239 g/mol. The van der Waals surface area contributed by atoms with Crippen LogP contribution in [0.15, 0.2) is 0 Å². The molecule has 0 unspecified atom stereocenters. The van der Waals surface area contributed by atoms with Crippen LogP contribution in [0.2, 0.25) is 0 Å². The molecule has 4 nitrogen and oxygen atoms in total. The Morgan fingerprint density at radius 2 is 2.25 bits per heavy atom. The molecule has 3 rings (SSSR count). The van der Waals surface area contributed by atoms with Crippen molar-refractivity contribution in [2.45, 2.75) is 50.7 Å². The van der Waals surface area contributed by atoms with Crippen molar-refractivity contribution in [1.82, 2.24) is 9.36 Å². The molecule has 0 aliphatic heterocycles. The monoisotopic (exact) mass is 239 g/mol. The minimum atomic E-state index is 0.457. The lowest BCUT2D eigenvalue weighted by Crippen LogP contribution is -2.40. The quantitative estimate of drug-likeness (QED) is 0.857. The third-order valence-electron chi connectivity index (χ3n) is 3.21. The summed E-state index contributed by atoms with van der Waals surface area (Å²) >= 11 is 1.50. The molecule has 0 bridgehead atoms. The van der Waals surface area contributed by atoms with Crippen molar-refractivity contribution < 1.29 is 4.74 Å². The zero-order valence-electron chi connectivity index (χ0n) is 9.48. The first-order valence-electron chi connectivity index (χ1n) is 6.07. The van der Waals surface area contributed by atoms with Gasteiger partial charge in [0.15, 0.2) is 0 Å². The molecule has 1 N–H and O–H groups in total. The minimum absolute atomic E-state index is 0.457. The standard InChI is InChI=1S/C11H17N3OS/c1-2-15-9-5-8(6-9)12-11-13-10(14-16-11)7-3-4-7/h7-9H,2-6H2,1H3,(H,12,13,14). The first-order chi connectivity index (χ1) is 7.85. The van der Waals surface area contributed by atoms with Crippen LogP contribution in [0.5, 0.6) is 0 Å². The summed E-state index contributed by atoms with van der Waals surface area (Å²) in [5.41, 5.74) is 0. The number of hydrogen-bond acceptors (Lipinski definition) is 5. The summed E-state index contributed by atoms with van der Waals surface area (Å²) in [6.07, 6.45) is 5.20. The first kappa shape index (κ1) is 10.5. The number of aromatic nitrogens is 2. The maximum absolute atomic E-state index is 5.53. The molecule has 2 aliphatic rings. The van der Waals surface area contributed by atoms with Gasteiger partial charge in [-0.25, -0.2) is 4.98 Å². The third-order valence-corrected chi connectivity index (χ3v) is 3.87. The lowest BCUT2D eigenvalue weighted by Gasteiger charge is -2.35. The van der Waals surface area contributed by atoms with Crippen molar-refractivity contribution in [3.05, 3.63) is 5.82 Å². The van der Waals surface area contributed by atoms with Gasteiger partial charge in [-0.3, -0.25) is 0 Å². The highest BCUT2D eigenvalue weighted by Crippen LogP contribution is 2.39. The van der Waals surface area contributed by atoms with E-state index in [1.54, 1.807) is 0 Å². The molecule has 0 saturated heterocycles. The van der Waals surface area contributed by atoms with E-state index >= 15 is 0 Å². The number of ether oxygens (including phenoxy) is 1. The van der Waals surface area contributed by atoms with Gasteiger partial charge in [-0.2, -0.15) is 4.37 Å². The predicted octanol–water partition coefficient (Wildman–Crippen LogP) is 2.39. The predicted molar refractivity (Wildman–Crippen MR) is 63.9 cm³/mol. The molecule has 0 spiro atoms. The molecule has 16 heavy (non-hydrogen) atoms. The lowest BCUT2D eigenvalue weighted by molar-refractivity contribution is 0.00299. The second-order valence-electron chi connectivity index (χ2n) is 4.62. The normalized spacial score (nSPS) is 28.8. The zero-order chi connectivity index (χ0) is 11.0. The Morgan fingerprint density at radius 3 is 2.94 bits per heavy atom. The Bertz CT molecular complexity index is 358. The fourth-order valence-electron chi connectivity index (χ4n) is 2.03. The highest BCUT2D eigenvalue weighted by atomic mass is 32.1. The second kappa shape index (κ2) is 4.30. The molecule has 0 amide bonds. The number of hydrogen-bond donors (Lipinski definition) is 1. The Hall–Kier alpha value is -0.680. The molecule has 0 aromatic carbocycles. The van der Waals surface area contributed by atoms with E-state index in [-0.39, 0.29) is 0 Å². The molecule has 1 aromatic rings. The van der Waals surface area contributed by atoms with E-state index < -0.39 is 0 Å². The molecule has 2 saturated carbocycles. The van der Waals surface area contributed by atoms with Crippen molar-refractivity contribution in [3.8, 4) is 0 Å². The van der Waals surface area contributed by atoms with Gasteiger partial charge in [0.2, 0.25) is 5.13 Å². The molecule has 0 atom stereocenters. The number of rotatable bonds is 5. The van der Waals surface area contributed by atoms with Crippen molar-refractivity contribution in [2.75, 3.05) is 11.9 Å². The number of nitrogens with one attached hydrogen (secondary N) is 1. The molecule has 2 aliphatic carbocycles. The topological polar surface area (TPSA) is 47.0 Å². The Morgan fingerprint density at radius 1 is 1.44 bits per heavy atom. The molecular weight excluding hydrogens is 222 g/mol. The van der Waals surface area contributed by atoms with Crippen LogP contribution >= 0.6 is 11.5 Å². The van der Waals surface area contributed by atoms with Crippen LogP contribution in [-0.4, -0.2) is 28.1 Å². The summed E-state index contributed by atoms with van der Waals surface area (Å²) in [7, 11) is 0. The Balaban J connectivity index is 1.47. The van der Waals surface area contributed by atoms with Crippen LogP contribution in [0, 0.1) is 0 Å². The van der Waals surface area contributed by atoms with Crippen LogP contribution < -0.4 is 5.32 Å². The van der Waals surface area contributed by atoms with Crippen molar-refractivity contribution in [1.29, 1.82) is 0 Å². The SMILES string of the molecule is CCOC1CC(Nc2nc(C3CC3)ns2)C1. The average Bonchev–Trinajstić information content (AvgIpc) is 2.97. The number of anilines is 1. The molecule has 0 radical (unpaired) electrons. The van der Waals surface area contributed by atoms with Crippen LogP contribution in [0.3, 0.4) is 0 Å².